The van der Waals surface area contributed by atoms with Gasteiger partial charge >= 0.3 is 0 Å². The Hall–Kier alpha value is -3.18. The number of nitriles is 1. The summed E-state index contributed by atoms with van der Waals surface area (Å²) in [6.45, 7) is 4.38. The normalized spacial score (nSPS) is 18.7. The van der Waals surface area contributed by atoms with E-state index < -0.39 is 0 Å². The van der Waals surface area contributed by atoms with Crippen molar-refractivity contribution >= 4 is 17.5 Å². The van der Waals surface area contributed by atoms with Gasteiger partial charge in [0, 0.05) is 56.0 Å². The van der Waals surface area contributed by atoms with Crippen LogP contribution in [0.15, 0.2) is 24.4 Å². The van der Waals surface area contributed by atoms with Crippen LogP contribution in [0.5, 0.6) is 0 Å². The maximum Gasteiger partial charge on any atom is 0.225 e. The summed E-state index contributed by atoms with van der Waals surface area (Å²) >= 11 is 0. The lowest BCUT2D eigenvalue weighted by molar-refractivity contribution is -0.134. The van der Waals surface area contributed by atoms with Gasteiger partial charge in [0.1, 0.15) is 17.7 Å². The van der Waals surface area contributed by atoms with Gasteiger partial charge in [-0.15, -0.1) is 0 Å². The summed E-state index contributed by atoms with van der Waals surface area (Å²) in [6, 6.07) is 8.00. The van der Waals surface area contributed by atoms with E-state index >= 15 is 0 Å². The van der Waals surface area contributed by atoms with Crippen molar-refractivity contribution in [3.63, 3.8) is 0 Å². The number of amides is 1. The first-order valence-electron chi connectivity index (χ1n) is 10.7. The van der Waals surface area contributed by atoms with Gasteiger partial charge in [0.05, 0.1) is 24.3 Å². The lowest BCUT2D eigenvalue weighted by atomic mass is 10.00. The van der Waals surface area contributed by atoms with E-state index in [0.717, 1.165) is 29.7 Å². The third-order valence-corrected chi connectivity index (χ3v) is 5.98. The predicted octanol–water partition coefficient (Wildman–Crippen LogP) is 2.55. The predicted molar refractivity (Wildman–Crippen MR) is 118 cm³/mol. The number of aromatic nitrogens is 2. The molecule has 3 heterocycles. The Morgan fingerprint density at radius 3 is 2.77 bits per heavy atom. The Morgan fingerprint density at radius 2 is 2.16 bits per heavy atom. The molecular formula is C23H28N6O2. The van der Waals surface area contributed by atoms with Crippen LogP contribution >= 0.6 is 0 Å². The van der Waals surface area contributed by atoms with Gasteiger partial charge in [0.25, 0.3) is 0 Å². The SMILES string of the molecule is COCCC(=O)N1CCN(c2nc(C3CC3)c(-c3ccc(N)nc3)cc2C#N)C[C@H]1C. The third kappa shape index (κ3) is 4.47. The second-order valence-electron chi connectivity index (χ2n) is 8.28. The van der Waals surface area contributed by atoms with Crippen LogP contribution < -0.4 is 10.6 Å². The third-order valence-electron chi connectivity index (χ3n) is 5.98. The average molecular weight is 421 g/mol. The highest BCUT2D eigenvalue weighted by Crippen LogP contribution is 2.45. The van der Waals surface area contributed by atoms with Crippen LogP contribution in [0, 0.1) is 11.3 Å². The number of rotatable bonds is 6. The van der Waals surface area contributed by atoms with Crippen LogP contribution in [-0.2, 0) is 9.53 Å². The Bertz CT molecular complexity index is 996. The molecular weight excluding hydrogens is 392 g/mol. The molecule has 1 aliphatic heterocycles. The summed E-state index contributed by atoms with van der Waals surface area (Å²) in [7, 11) is 1.60. The van der Waals surface area contributed by atoms with Crippen molar-refractivity contribution in [3.8, 4) is 17.2 Å². The number of carbonyl (C=O) groups excluding carboxylic acids is 1. The molecule has 2 fully saturated rings. The van der Waals surface area contributed by atoms with Crippen molar-refractivity contribution in [2.24, 2.45) is 0 Å². The molecule has 1 amide bonds. The van der Waals surface area contributed by atoms with Gasteiger partial charge in [-0.25, -0.2) is 9.97 Å². The molecule has 2 aliphatic rings. The minimum absolute atomic E-state index is 0.0387. The fourth-order valence-electron chi connectivity index (χ4n) is 4.16. The Balaban J connectivity index is 1.62. The molecule has 1 aliphatic carbocycles. The van der Waals surface area contributed by atoms with Crippen LogP contribution in [0.4, 0.5) is 11.6 Å². The van der Waals surface area contributed by atoms with E-state index in [1.165, 1.54) is 0 Å². The largest absolute Gasteiger partial charge is 0.384 e. The highest BCUT2D eigenvalue weighted by Gasteiger charge is 2.33. The number of hydrogen-bond acceptors (Lipinski definition) is 7. The monoisotopic (exact) mass is 420 g/mol. The van der Waals surface area contributed by atoms with E-state index in [-0.39, 0.29) is 11.9 Å². The summed E-state index contributed by atoms with van der Waals surface area (Å²) < 4.78 is 5.04. The number of ether oxygens (including phenoxy) is 1. The van der Waals surface area contributed by atoms with Gasteiger partial charge in [0.15, 0.2) is 0 Å². The van der Waals surface area contributed by atoms with Crippen LogP contribution in [0.3, 0.4) is 0 Å². The molecule has 162 valence electrons. The summed E-state index contributed by atoms with van der Waals surface area (Å²) in [5, 5.41) is 9.88. The molecule has 0 spiro atoms. The number of nitrogens with two attached hydrogens (primary N) is 1. The molecule has 4 rings (SSSR count). The zero-order valence-electron chi connectivity index (χ0n) is 18.0. The van der Waals surface area contributed by atoms with Crippen molar-refractivity contribution in [1.82, 2.24) is 14.9 Å². The molecule has 8 heteroatoms. The standard InChI is InChI=1S/C23H28N6O2/c1-15-14-28(8-9-29(15)21(30)7-10-31-2)23-18(12-24)11-19(22(27-23)16-3-4-16)17-5-6-20(25)26-13-17/h5-6,11,13,15-16H,3-4,7-10,14H2,1-2H3,(H2,25,26)/t15-/m1/s1. The smallest absolute Gasteiger partial charge is 0.225 e. The highest BCUT2D eigenvalue weighted by molar-refractivity contribution is 5.77. The zero-order valence-corrected chi connectivity index (χ0v) is 18.0. The first-order chi connectivity index (χ1) is 15.0. The zero-order chi connectivity index (χ0) is 22.0. The lowest BCUT2D eigenvalue weighted by Gasteiger charge is -2.41. The highest BCUT2D eigenvalue weighted by atomic mass is 16.5. The summed E-state index contributed by atoms with van der Waals surface area (Å²) in [6.07, 6.45) is 4.34. The van der Waals surface area contributed by atoms with Gasteiger partial charge in [-0.1, -0.05) is 0 Å². The number of anilines is 2. The van der Waals surface area contributed by atoms with Crippen molar-refractivity contribution in [2.45, 2.75) is 38.1 Å². The van der Waals surface area contributed by atoms with Gasteiger partial charge in [0.2, 0.25) is 5.91 Å². The maximum atomic E-state index is 12.5. The second kappa shape index (κ2) is 8.90. The molecule has 2 aromatic heterocycles. The minimum atomic E-state index is 0.0387. The van der Waals surface area contributed by atoms with Crippen molar-refractivity contribution in [1.29, 1.82) is 5.26 Å². The first-order valence-corrected chi connectivity index (χ1v) is 10.7. The topological polar surface area (TPSA) is 108 Å². The molecule has 0 bridgehead atoms. The average Bonchev–Trinajstić information content (AvgIpc) is 3.62. The van der Waals surface area contributed by atoms with Crippen molar-refractivity contribution < 1.29 is 9.53 Å². The van der Waals surface area contributed by atoms with Gasteiger partial charge in [-0.3, -0.25) is 4.79 Å². The summed E-state index contributed by atoms with van der Waals surface area (Å²) in [5.74, 6) is 1.70. The quantitative estimate of drug-likeness (QED) is 0.765. The molecule has 8 nitrogen and oxygen atoms in total. The Labute approximate surface area is 182 Å². The van der Waals surface area contributed by atoms with E-state index in [1.807, 2.05) is 24.0 Å². The van der Waals surface area contributed by atoms with Crippen molar-refractivity contribution in [2.75, 3.05) is 44.0 Å². The molecule has 2 aromatic rings. The number of carbonyl (C=O) groups is 1. The number of pyridine rings is 2. The number of piperazine rings is 1. The van der Waals surface area contributed by atoms with Gasteiger partial charge in [-0.2, -0.15) is 5.26 Å². The molecule has 0 unspecified atom stereocenters. The van der Waals surface area contributed by atoms with E-state index in [0.29, 0.717) is 55.8 Å². The minimum Gasteiger partial charge on any atom is -0.384 e. The lowest BCUT2D eigenvalue weighted by Crippen LogP contribution is -2.54. The van der Waals surface area contributed by atoms with Gasteiger partial charge in [-0.05, 0) is 38.0 Å². The Kier molecular flexibility index (Phi) is 6.05. The molecule has 1 atom stereocenters. The fraction of sp³-hybridized carbons (Fsp3) is 0.478. The van der Waals surface area contributed by atoms with E-state index in [2.05, 4.69) is 16.0 Å². The van der Waals surface area contributed by atoms with Crippen LogP contribution in [0.1, 0.15) is 43.4 Å². The fourth-order valence-corrected chi connectivity index (χ4v) is 4.16. The maximum absolute atomic E-state index is 12.5. The van der Waals surface area contributed by atoms with Crippen LogP contribution in [-0.4, -0.2) is 60.2 Å². The molecule has 0 aromatic carbocycles. The molecule has 1 saturated heterocycles. The van der Waals surface area contributed by atoms with Crippen LogP contribution in [0.25, 0.3) is 11.1 Å². The molecule has 0 radical (unpaired) electrons. The number of nitrogen functional groups attached to an aromatic ring is 1. The van der Waals surface area contributed by atoms with E-state index in [9.17, 15) is 10.1 Å². The summed E-state index contributed by atoms with van der Waals surface area (Å²) in [5.41, 5.74) is 9.19. The number of nitrogens with zero attached hydrogens (tertiary/aromatic N) is 5. The Morgan fingerprint density at radius 1 is 1.35 bits per heavy atom. The molecule has 2 N–H and O–H groups in total. The van der Waals surface area contributed by atoms with Gasteiger partial charge < -0.3 is 20.3 Å². The first kappa shape index (κ1) is 21.1. The summed E-state index contributed by atoms with van der Waals surface area (Å²) in [4.78, 5) is 25.7. The number of methoxy groups -OCH3 is 1. The van der Waals surface area contributed by atoms with Crippen LogP contribution in [0.2, 0.25) is 0 Å². The van der Waals surface area contributed by atoms with E-state index in [1.54, 1.807) is 19.4 Å². The molecule has 1 saturated carbocycles. The molecule has 31 heavy (non-hydrogen) atoms. The second-order valence-corrected chi connectivity index (χ2v) is 8.28. The number of hydrogen-bond donors (Lipinski definition) is 1. The van der Waals surface area contributed by atoms with Crippen molar-refractivity contribution in [3.05, 3.63) is 35.7 Å². The van der Waals surface area contributed by atoms with E-state index in [4.69, 9.17) is 15.5 Å².